The second-order valence-electron chi connectivity index (χ2n) is 5.11. The SMILES string of the molecule is CCCC1CCC(C(=O)O)C(Sc2cnccn2)C1. The van der Waals surface area contributed by atoms with Crippen LogP contribution in [-0.2, 0) is 4.79 Å². The highest BCUT2D eigenvalue weighted by Gasteiger charge is 2.35. The maximum Gasteiger partial charge on any atom is 0.307 e. The van der Waals surface area contributed by atoms with Gasteiger partial charge in [-0.05, 0) is 25.2 Å². The van der Waals surface area contributed by atoms with Crippen molar-refractivity contribution in [3.8, 4) is 0 Å². The van der Waals surface area contributed by atoms with E-state index in [-0.39, 0.29) is 11.2 Å². The number of hydrogen-bond donors (Lipinski definition) is 1. The number of hydrogen-bond acceptors (Lipinski definition) is 4. The molecule has 0 amide bonds. The molecule has 4 nitrogen and oxygen atoms in total. The molecule has 1 aliphatic rings. The fraction of sp³-hybridized carbons (Fsp3) is 0.643. The van der Waals surface area contributed by atoms with Crippen LogP contribution in [0.4, 0.5) is 0 Å². The van der Waals surface area contributed by atoms with E-state index in [0.717, 1.165) is 24.3 Å². The fourth-order valence-electron chi connectivity index (χ4n) is 2.80. The second-order valence-corrected chi connectivity index (χ2v) is 6.37. The summed E-state index contributed by atoms with van der Waals surface area (Å²) in [4.78, 5) is 19.7. The minimum atomic E-state index is -0.670. The van der Waals surface area contributed by atoms with E-state index in [9.17, 15) is 9.90 Å². The van der Waals surface area contributed by atoms with Crippen molar-refractivity contribution in [1.29, 1.82) is 0 Å². The number of aromatic nitrogens is 2. The van der Waals surface area contributed by atoms with Crippen molar-refractivity contribution < 1.29 is 9.90 Å². The Labute approximate surface area is 118 Å². The molecule has 1 heterocycles. The average molecular weight is 280 g/mol. The van der Waals surface area contributed by atoms with E-state index in [1.54, 1.807) is 30.4 Å². The molecule has 104 valence electrons. The normalized spacial score (nSPS) is 27.1. The Morgan fingerprint density at radius 3 is 2.95 bits per heavy atom. The van der Waals surface area contributed by atoms with Crippen molar-refractivity contribution in [2.24, 2.45) is 11.8 Å². The van der Waals surface area contributed by atoms with Crippen LogP contribution in [0, 0.1) is 11.8 Å². The molecule has 1 aliphatic carbocycles. The predicted octanol–water partition coefficient (Wildman–Crippen LogP) is 3.24. The fourth-order valence-corrected chi connectivity index (χ4v) is 4.14. The second kappa shape index (κ2) is 6.89. The summed E-state index contributed by atoms with van der Waals surface area (Å²) in [5.74, 6) is -0.258. The first-order valence-corrected chi connectivity index (χ1v) is 7.74. The van der Waals surface area contributed by atoms with Gasteiger partial charge in [0.2, 0.25) is 0 Å². The number of carboxylic acid groups (broad SMARTS) is 1. The largest absolute Gasteiger partial charge is 0.481 e. The number of thioether (sulfide) groups is 1. The summed E-state index contributed by atoms with van der Waals surface area (Å²) >= 11 is 1.58. The van der Waals surface area contributed by atoms with Gasteiger partial charge in [-0.3, -0.25) is 9.78 Å². The molecule has 0 saturated heterocycles. The van der Waals surface area contributed by atoms with Crippen LogP contribution < -0.4 is 0 Å². The molecule has 2 rings (SSSR count). The Bertz CT molecular complexity index is 413. The summed E-state index contributed by atoms with van der Waals surface area (Å²) in [6.45, 7) is 2.19. The van der Waals surface area contributed by atoms with Crippen LogP contribution in [0.5, 0.6) is 0 Å². The standard InChI is InChI=1S/C14H20N2O2S/c1-2-3-10-4-5-11(14(17)18)12(8-10)19-13-9-15-6-7-16-13/h6-7,9-12H,2-5,8H2,1H3,(H,17,18). The maximum atomic E-state index is 11.4. The third kappa shape index (κ3) is 3.93. The third-order valence-corrected chi connectivity index (χ3v) is 5.00. The third-order valence-electron chi connectivity index (χ3n) is 3.73. The Morgan fingerprint density at radius 1 is 1.47 bits per heavy atom. The molecule has 0 bridgehead atoms. The van der Waals surface area contributed by atoms with Crippen molar-refractivity contribution in [1.82, 2.24) is 9.97 Å². The summed E-state index contributed by atoms with van der Waals surface area (Å²) < 4.78 is 0. The summed E-state index contributed by atoms with van der Waals surface area (Å²) in [6.07, 6.45) is 10.2. The number of rotatable bonds is 5. The van der Waals surface area contributed by atoms with Crippen molar-refractivity contribution in [3.05, 3.63) is 18.6 Å². The maximum absolute atomic E-state index is 11.4. The molecule has 19 heavy (non-hydrogen) atoms. The molecule has 0 aliphatic heterocycles. The van der Waals surface area contributed by atoms with Crippen LogP contribution in [0.1, 0.15) is 39.0 Å². The van der Waals surface area contributed by atoms with Gasteiger partial charge in [0.15, 0.2) is 0 Å². The van der Waals surface area contributed by atoms with Crippen molar-refractivity contribution in [2.75, 3.05) is 0 Å². The molecule has 1 saturated carbocycles. The first-order chi connectivity index (χ1) is 9.20. The van der Waals surface area contributed by atoms with E-state index in [4.69, 9.17) is 0 Å². The van der Waals surface area contributed by atoms with Gasteiger partial charge in [-0.15, -0.1) is 11.8 Å². The number of nitrogens with zero attached hydrogens (tertiary/aromatic N) is 2. The molecule has 5 heteroatoms. The van der Waals surface area contributed by atoms with Gasteiger partial charge in [-0.25, -0.2) is 4.98 Å². The zero-order chi connectivity index (χ0) is 13.7. The van der Waals surface area contributed by atoms with E-state index >= 15 is 0 Å². The number of aliphatic carboxylic acids is 1. The lowest BCUT2D eigenvalue weighted by Gasteiger charge is -2.33. The Balaban J connectivity index is 2.05. The minimum absolute atomic E-state index is 0.125. The van der Waals surface area contributed by atoms with E-state index in [2.05, 4.69) is 16.9 Å². The zero-order valence-corrected chi connectivity index (χ0v) is 12.0. The monoisotopic (exact) mass is 280 g/mol. The lowest BCUT2D eigenvalue weighted by atomic mass is 9.80. The smallest absolute Gasteiger partial charge is 0.307 e. The van der Waals surface area contributed by atoms with Crippen molar-refractivity contribution >= 4 is 17.7 Å². The van der Waals surface area contributed by atoms with Crippen molar-refractivity contribution in [2.45, 2.75) is 49.3 Å². The molecular formula is C14H20N2O2S. The van der Waals surface area contributed by atoms with E-state index in [0.29, 0.717) is 5.92 Å². The van der Waals surface area contributed by atoms with Gasteiger partial charge in [-0.2, -0.15) is 0 Å². The highest BCUT2D eigenvalue weighted by Crippen LogP contribution is 2.40. The van der Waals surface area contributed by atoms with E-state index < -0.39 is 5.97 Å². The number of carboxylic acids is 1. The molecule has 3 atom stereocenters. The first-order valence-electron chi connectivity index (χ1n) is 6.86. The van der Waals surface area contributed by atoms with E-state index in [1.165, 1.54) is 12.8 Å². The molecule has 1 aromatic rings. The van der Waals surface area contributed by atoms with Crippen LogP contribution in [0.25, 0.3) is 0 Å². The van der Waals surface area contributed by atoms with Crippen LogP contribution in [-0.4, -0.2) is 26.3 Å². The zero-order valence-electron chi connectivity index (χ0n) is 11.2. The van der Waals surface area contributed by atoms with Crippen LogP contribution in [0.2, 0.25) is 0 Å². The lowest BCUT2D eigenvalue weighted by molar-refractivity contribution is -0.142. The first kappa shape index (κ1) is 14.3. The topological polar surface area (TPSA) is 63.1 Å². The molecule has 0 spiro atoms. The van der Waals surface area contributed by atoms with Gasteiger partial charge < -0.3 is 5.11 Å². The lowest BCUT2D eigenvalue weighted by Crippen LogP contribution is -2.32. The molecular weight excluding hydrogens is 260 g/mol. The van der Waals surface area contributed by atoms with Crippen LogP contribution >= 0.6 is 11.8 Å². The van der Waals surface area contributed by atoms with Gasteiger partial charge in [0.1, 0.15) is 5.03 Å². The summed E-state index contributed by atoms with van der Waals surface area (Å²) in [5.41, 5.74) is 0. The molecule has 1 N–H and O–H groups in total. The van der Waals surface area contributed by atoms with Gasteiger partial charge >= 0.3 is 5.97 Å². The van der Waals surface area contributed by atoms with E-state index in [1.807, 2.05) is 0 Å². The van der Waals surface area contributed by atoms with Gasteiger partial charge in [0.25, 0.3) is 0 Å². The summed E-state index contributed by atoms with van der Waals surface area (Å²) in [7, 11) is 0. The van der Waals surface area contributed by atoms with Crippen molar-refractivity contribution in [3.63, 3.8) is 0 Å². The highest BCUT2D eigenvalue weighted by atomic mass is 32.2. The number of carbonyl (C=O) groups is 1. The van der Waals surface area contributed by atoms with Gasteiger partial charge in [-0.1, -0.05) is 19.8 Å². The summed E-state index contributed by atoms with van der Waals surface area (Å²) in [5, 5.41) is 10.3. The average Bonchev–Trinajstić information content (AvgIpc) is 2.40. The molecule has 0 radical (unpaired) electrons. The molecule has 1 fully saturated rings. The van der Waals surface area contributed by atoms with Gasteiger partial charge in [0, 0.05) is 17.6 Å². The molecule has 0 aromatic carbocycles. The van der Waals surface area contributed by atoms with Crippen LogP contribution in [0.3, 0.4) is 0 Å². The quantitative estimate of drug-likeness (QED) is 0.897. The predicted molar refractivity (Wildman–Crippen MR) is 75.1 cm³/mol. The van der Waals surface area contributed by atoms with Gasteiger partial charge in [0.05, 0.1) is 12.1 Å². The Kier molecular flexibility index (Phi) is 5.19. The molecule has 3 unspecified atom stereocenters. The Morgan fingerprint density at radius 2 is 2.32 bits per heavy atom. The highest BCUT2D eigenvalue weighted by molar-refractivity contribution is 7.99. The van der Waals surface area contributed by atoms with Crippen LogP contribution in [0.15, 0.2) is 23.6 Å². The summed E-state index contributed by atoms with van der Waals surface area (Å²) in [6, 6.07) is 0. The molecule has 1 aromatic heterocycles. The minimum Gasteiger partial charge on any atom is -0.481 e. The Hall–Kier alpha value is -1.10.